The molecule has 0 atom stereocenters. The number of hydrogen-bond donors (Lipinski definition) is 1. The van der Waals surface area contributed by atoms with E-state index in [1.165, 1.54) is 12.1 Å². The van der Waals surface area contributed by atoms with Crippen LogP contribution in [0.5, 0.6) is 0 Å². The molecule has 1 aliphatic rings. The Kier molecular flexibility index (Phi) is 3.77. The van der Waals surface area contributed by atoms with Gasteiger partial charge >= 0.3 is 0 Å². The molecule has 0 aliphatic heterocycles. The van der Waals surface area contributed by atoms with Gasteiger partial charge in [0, 0.05) is 23.1 Å². The zero-order valence-corrected chi connectivity index (χ0v) is 14.2. The largest absolute Gasteiger partial charge is 0.294 e. The highest BCUT2D eigenvalue weighted by atomic mass is 32.2. The minimum atomic E-state index is -3.75. The van der Waals surface area contributed by atoms with Crippen molar-refractivity contribution in [1.82, 2.24) is 4.98 Å². The predicted octanol–water partition coefficient (Wildman–Crippen LogP) is 3.63. The van der Waals surface area contributed by atoms with Crippen LogP contribution in [0.4, 0.5) is 5.69 Å². The summed E-state index contributed by atoms with van der Waals surface area (Å²) in [5, 5.41) is 0.855. The van der Waals surface area contributed by atoms with E-state index >= 15 is 0 Å². The van der Waals surface area contributed by atoms with Crippen LogP contribution in [0.1, 0.15) is 23.2 Å². The lowest BCUT2D eigenvalue weighted by Crippen LogP contribution is -2.13. The SMILES string of the molecule is O=C(c1ccc(S(=O)(=O)Nc2cccc3cccnc23)cc1)C1CC1. The number of pyridine rings is 1. The zero-order valence-electron chi connectivity index (χ0n) is 13.3. The Morgan fingerprint density at radius 1 is 1.00 bits per heavy atom. The number of sulfonamides is 1. The summed E-state index contributed by atoms with van der Waals surface area (Å²) in [6, 6.07) is 15.1. The Morgan fingerprint density at radius 3 is 2.44 bits per heavy atom. The number of para-hydroxylation sites is 1. The van der Waals surface area contributed by atoms with Gasteiger partial charge in [0.2, 0.25) is 0 Å². The van der Waals surface area contributed by atoms with Crippen molar-refractivity contribution < 1.29 is 13.2 Å². The topological polar surface area (TPSA) is 76.1 Å². The fourth-order valence-electron chi connectivity index (χ4n) is 2.77. The molecule has 0 bridgehead atoms. The molecule has 4 rings (SSSR count). The van der Waals surface area contributed by atoms with Crippen molar-refractivity contribution in [2.45, 2.75) is 17.7 Å². The van der Waals surface area contributed by atoms with E-state index in [4.69, 9.17) is 0 Å². The van der Waals surface area contributed by atoms with Crippen molar-refractivity contribution >= 4 is 32.4 Å². The molecular weight excluding hydrogens is 336 g/mol. The Hall–Kier alpha value is -2.73. The second kappa shape index (κ2) is 5.97. The Bertz CT molecular complexity index is 1050. The van der Waals surface area contributed by atoms with Crippen molar-refractivity contribution in [1.29, 1.82) is 0 Å². The molecular formula is C19H16N2O3S. The molecule has 1 saturated carbocycles. The van der Waals surface area contributed by atoms with Gasteiger partial charge in [-0.1, -0.05) is 30.3 Å². The van der Waals surface area contributed by atoms with E-state index in [2.05, 4.69) is 9.71 Å². The summed E-state index contributed by atoms with van der Waals surface area (Å²) in [5.41, 5.74) is 1.58. The summed E-state index contributed by atoms with van der Waals surface area (Å²) in [6.07, 6.45) is 3.47. The standard InChI is InChI=1S/C19H16N2O3S/c22-19(14-6-7-14)15-8-10-16(11-9-15)25(23,24)21-17-5-1-3-13-4-2-12-20-18(13)17/h1-5,8-12,14,21H,6-7H2. The van der Waals surface area contributed by atoms with Gasteiger partial charge in [-0.15, -0.1) is 0 Å². The third-order valence-corrected chi connectivity index (χ3v) is 5.66. The van der Waals surface area contributed by atoms with Crippen LogP contribution in [0.25, 0.3) is 10.9 Å². The van der Waals surface area contributed by atoms with Gasteiger partial charge in [0.05, 0.1) is 16.1 Å². The number of aromatic nitrogens is 1. The maximum absolute atomic E-state index is 12.6. The average Bonchev–Trinajstić information content (AvgIpc) is 3.46. The molecule has 1 fully saturated rings. The normalized spacial score (nSPS) is 14.4. The lowest BCUT2D eigenvalue weighted by Gasteiger charge is -2.10. The van der Waals surface area contributed by atoms with E-state index in [0.717, 1.165) is 18.2 Å². The van der Waals surface area contributed by atoms with Crippen LogP contribution in [-0.2, 0) is 10.0 Å². The highest BCUT2D eigenvalue weighted by molar-refractivity contribution is 7.92. The van der Waals surface area contributed by atoms with Gasteiger partial charge in [-0.3, -0.25) is 14.5 Å². The number of nitrogens with one attached hydrogen (secondary N) is 1. The predicted molar refractivity (Wildman–Crippen MR) is 96.0 cm³/mol. The highest BCUT2D eigenvalue weighted by Gasteiger charge is 2.30. The van der Waals surface area contributed by atoms with Crippen LogP contribution in [0, 0.1) is 5.92 Å². The third-order valence-electron chi connectivity index (χ3n) is 4.27. The monoisotopic (exact) mass is 352 g/mol. The fourth-order valence-corrected chi connectivity index (χ4v) is 3.84. The van der Waals surface area contributed by atoms with E-state index in [1.54, 1.807) is 36.5 Å². The molecule has 0 radical (unpaired) electrons. The summed E-state index contributed by atoms with van der Waals surface area (Å²) in [4.78, 5) is 16.4. The van der Waals surface area contributed by atoms with Gasteiger partial charge in [-0.25, -0.2) is 8.42 Å². The van der Waals surface area contributed by atoms with E-state index in [0.29, 0.717) is 16.8 Å². The molecule has 0 spiro atoms. The van der Waals surface area contributed by atoms with Crippen LogP contribution in [0.2, 0.25) is 0 Å². The molecule has 126 valence electrons. The number of carbonyl (C=O) groups excluding carboxylic acids is 1. The van der Waals surface area contributed by atoms with Crippen molar-refractivity contribution in [3.63, 3.8) is 0 Å². The summed E-state index contributed by atoms with van der Waals surface area (Å²) >= 11 is 0. The van der Waals surface area contributed by atoms with E-state index in [9.17, 15) is 13.2 Å². The summed E-state index contributed by atoms with van der Waals surface area (Å²) in [6.45, 7) is 0. The molecule has 1 aromatic heterocycles. The lowest BCUT2D eigenvalue weighted by atomic mass is 10.1. The third kappa shape index (κ3) is 3.13. The molecule has 25 heavy (non-hydrogen) atoms. The van der Waals surface area contributed by atoms with Gasteiger partial charge in [-0.05, 0) is 37.1 Å². The number of fused-ring (bicyclic) bond motifs is 1. The number of hydrogen-bond acceptors (Lipinski definition) is 4. The molecule has 1 heterocycles. The van der Waals surface area contributed by atoms with Crippen LogP contribution >= 0.6 is 0 Å². The van der Waals surface area contributed by atoms with Gasteiger partial charge in [-0.2, -0.15) is 0 Å². The van der Waals surface area contributed by atoms with E-state index < -0.39 is 10.0 Å². The van der Waals surface area contributed by atoms with Crippen LogP contribution < -0.4 is 4.72 Å². The Morgan fingerprint density at radius 2 is 1.72 bits per heavy atom. The molecule has 0 amide bonds. The van der Waals surface area contributed by atoms with Gasteiger partial charge in [0.25, 0.3) is 10.0 Å². The summed E-state index contributed by atoms with van der Waals surface area (Å²) < 4.78 is 27.9. The Balaban J connectivity index is 1.64. The number of benzene rings is 2. The first kappa shape index (κ1) is 15.8. The van der Waals surface area contributed by atoms with Crippen LogP contribution in [0.15, 0.2) is 65.7 Å². The Labute approximate surface area is 145 Å². The smallest absolute Gasteiger partial charge is 0.261 e. The van der Waals surface area contributed by atoms with Gasteiger partial charge < -0.3 is 0 Å². The molecule has 1 N–H and O–H groups in total. The second-order valence-corrected chi connectivity index (χ2v) is 7.83. The first-order valence-corrected chi connectivity index (χ1v) is 9.54. The van der Waals surface area contributed by atoms with Gasteiger partial charge in [0.15, 0.2) is 5.78 Å². The van der Waals surface area contributed by atoms with E-state index in [1.807, 2.05) is 12.1 Å². The fraction of sp³-hybridized carbons (Fsp3) is 0.158. The second-order valence-electron chi connectivity index (χ2n) is 6.15. The van der Waals surface area contributed by atoms with E-state index in [-0.39, 0.29) is 16.6 Å². The molecule has 2 aromatic carbocycles. The highest BCUT2D eigenvalue weighted by Crippen LogP contribution is 2.33. The zero-order chi connectivity index (χ0) is 17.4. The average molecular weight is 352 g/mol. The van der Waals surface area contributed by atoms with Crippen molar-refractivity contribution in [2.75, 3.05) is 4.72 Å². The minimum Gasteiger partial charge on any atom is -0.294 e. The van der Waals surface area contributed by atoms with Crippen LogP contribution in [0.3, 0.4) is 0 Å². The van der Waals surface area contributed by atoms with Crippen LogP contribution in [-0.4, -0.2) is 19.2 Å². The molecule has 0 unspecified atom stereocenters. The molecule has 1 aliphatic carbocycles. The maximum atomic E-state index is 12.6. The number of carbonyl (C=O) groups is 1. The number of ketones is 1. The molecule has 3 aromatic rings. The molecule has 6 heteroatoms. The quantitative estimate of drug-likeness (QED) is 0.712. The van der Waals surface area contributed by atoms with Crippen molar-refractivity contribution in [3.8, 4) is 0 Å². The van der Waals surface area contributed by atoms with Gasteiger partial charge in [0.1, 0.15) is 0 Å². The number of anilines is 1. The number of rotatable bonds is 5. The maximum Gasteiger partial charge on any atom is 0.261 e. The summed E-state index contributed by atoms with van der Waals surface area (Å²) in [7, 11) is -3.75. The number of Topliss-reactive ketones (excluding diaryl/α,β-unsaturated/α-hetero) is 1. The lowest BCUT2D eigenvalue weighted by molar-refractivity contribution is 0.0967. The number of nitrogens with zero attached hydrogens (tertiary/aromatic N) is 1. The summed E-state index contributed by atoms with van der Waals surface area (Å²) in [5.74, 6) is 0.206. The van der Waals surface area contributed by atoms with Crippen molar-refractivity contribution in [2.24, 2.45) is 5.92 Å². The first-order chi connectivity index (χ1) is 12.0. The first-order valence-electron chi connectivity index (χ1n) is 8.05. The molecule has 5 nitrogen and oxygen atoms in total. The molecule has 0 saturated heterocycles. The van der Waals surface area contributed by atoms with Crippen molar-refractivity contribution in [3.05, 3.63) is 66.4 Å². The minimum absolute atomic E-state index is 0.0927.